The van der Waals surface area contributed by atoms with Gasteiger partial charge >= 0.3 is 5.97 Å². The largest absolute Gasteiger partial charge is 0.508 e. The molecule has 0 atom stereocenters. The first kappa shape index (κ1) is 11.4. The molecule has 1 aliphatic heterocycles. The third-order valence-corrected chi connectivity index (χ3v) is 2.54. The van der Waals surface area contributed by atoms with Gasteiger partial charge in [-0.15, -0.1) is 0 Å². The SMILES string of the molecule is CC(=NCc1ccccc1)C1=C(O)COC1=O. The predicted octanol–water partition coefficient (Wildman–Crippen LogP) is 2.02. The summed E-state index contributed by atoms with van der Waals surface area (Å²) in [5.41, 5.74) is 1.76. The van der Waals surface area contributed by atoms with E-state index in [1.807, 2.05) is 30.3 Å². The average Bonchev–Trinajstić information content (AvgIpc) is 2.67. The Bertz CT molecular complexity index is 489. The minimum Gasteiger partial charge on any atom is -0.508 e. The number of rotatable bonds is 3. The molecule has 0 saturated carbocycles. The lowest BCUT2D eigenvalue weighted by molar-refractivity contribution is -0.135. The van der Waals surface area contributed by atoms with Crippen LogP contribution in [0.25, 0.3) is 0 Å². The van der Waals surface area contributed by atoms with Gasteiger partial charge in [-0.3, -0.25) is 4.99 Å². The van der Waals surface area contributed by atoms with Crippen LogP contribution in [0.2, 0.25) is 0 Å². The molecule has 0 aromatic heterocycles. The van der Waals surface area contributed by atoms with Crippen molar-refractivity contribution in [2.75, 3.05) is 6.61 Å². The van der Waals surface area contributed by atoms with Gasteiger partial charge in [-0.2, -0.15) is 0 Å². The summed E-state index contributed by atoms with van der Waals surface area (Å²) in [6.07, 6.45) is 0. The van der Waals surface area contributed by atoms with Crippen molar-refractivity contribution in [2.45, 2.75) is 13.5 Å². The molecule has 0 bridgehead atoms. The molecule has 0 amide bonds. The van der Waals surface area contributed by atoms with E-state index in [0.717, 1.165) is 5.56 Å². The molecule has 88 valence electrons. The monoisotopic (exact) mass is 231 g/mol. The molecule has 0 fully saturated rings. The van der Waals surface area contributed by atoms with E-state index in [1.54, 1.807) is 6.92 Å². The van der Waals surface area contributed by atoms with Crippen molar-refractivity contribution in [3.63, 3.8) is 0 Å². The van der Waals surface area contributed by atoms with Crippen molar-refractivity contribution in [2.24, 2.45) is 4.99 Å². The van der Waals surface area contributed by atoms with Crippen LogP contribution in [-0.2, 0) is 16.1 Å². The smallest absolute Gasteiger partial charge is 0.344 e. The molecule has 4 nitrogen and oxygen atoms in total. The fourth-order valence-corrected chi connectivity index (χ4v) is 1.62. The maximum atomic E-state index is 11.3. The summed E-state index contributed by atoms with van der Waals surface area (Å²) in [5.74, 6) is -0.541. The number of carbonyl (C=O) groups excluding carboxylic acids is 1. The number of hydrogen-bond donors (Lipinski definition) is 1. The van der Waals surface area contributed by atoms with Crippen molar-refractivity contribution < 1.29 is 14.6 Å². The molecule has 1 N–H and O–H groups in total. The zero-order valence-corrected chi connectivity index (χ0v) is 9.51. The third-order valence-electron chi connectivity index (χ3n) is 2.54. The number of aliphatic hydroxyl groups is 1. The van der Waals surface area contributed by atoms with Crippen LogP contribution in [0, 0.1) is 0 Å². The first-order valence-electron chi connectivity index (χ1n) is 5.33. The number of aliphatic imine (C=N–C) groups is 1. The van der Waals surface area contributed by atoms with E-state index in [9.17, 15) is 9.90 Å². The normalized spacial score (nSPS) is 16.3. The van der Waals surface area contributed by atoms with E-state index in [0.29, 0.717) is 12.3 Å². The van der Waals surface area contributed by atoms with Gasteiger partial charge in [-0.1, -0.05) is 30.3 Å². The quantitative estimate of drug-likeness (QED) is 0.639. The van der Waals surface area contributed by atoms with E-state index < -0.39 is 5.97 Å². The van der Waals surface area contributed by atoms with Gasteiger partial charge in [-0.05, 0) is 12.5 Å². The highest BCUT2D eigenvalue weighted by Crippen LogP contribution is 2.15. The highest BCUT2D eigenvalue weighted by molar-refractivity contribution is 6.20. The average molecular weight is 231 g/mol. The summed E-state index contributed by atoms with van der Waals surface area (Å²) >= 11 is 0. The van der Waals surface area contributed by atoms with Crippen LogP contribution >= 0.6 is 0 Å². The molecule has 4 heteroatoms. The molecule has 0 aliphatic carbocycles. The molecule has 0 saturated heterocycles. The Morgan fingerprint density at radius 3 is 2.71 bits per heavy atom. The number of aliphatic hydroxyl groups excluding tert-OH is 1. The Balaban J connectivity index is 2.13. The lowest BCUT2D eigenvalue weighted by Gasteiger charge is -2.00. The molecule has 0 radical (unpaired) electrons. The Morgan fingerprint density at radius 1 is 1.41 bits per heavy atom. The van der Waals surface area contributed by atoms with Gasteiger partial charge in [0, 0.05) is 0 Å². The minimum absolute atomic E-state index is 0.0377. The van der Waals surface area contributed by atoms with Crippen molar-refractivity contribution in [3.05, 3.63) is 47.2 Å². The van der Waals surface area contributed by atoms with Crippen molar-refractivity contribution in [1.29, 1.82) is 0 Å². The Morgan fingerprint density at radius 2 is 2.12 bits per heavy atom. The van der Waals surface area contributed by atoms with Gasteiger partial charge in [0.15, 0.2) is 0 Å². The van der Waals surface area contributed by atoms with E-state index in [2.05, 4.69) is 4.99 Å². The first-order chi connectivity index (χ1) is 8.18. The zero-order valence-electron chi connectivity index (χ0n) is 9.51. The Labute approximate surface area is 99.3 Å². The topological polar surface area (TPSA) is 58.9 Å². The predicted molar refractivity (Wildman–Crippen MR) is 63.9 cm³/mol. The summed E-state index contributed by atoms with van der Waals surface area (Å²) in [6, 6.07) is 9.71. The lowest BCUT2D eigenvalue weighted by atomic mass is 10.1. The number of cyclic esters (lactones) is 1. The van der Waals surface area contributed by atoms with Gasteiger partial charge in [-0.25, -0.2) is 4.79 Å². The molecule has 0 unspecified atom stereocenters. The summed E-state index contributed by atoms with van der Waals surface area (Å²) < 4.78 is 4.71. The van der Waals surface area contributed by atoms with Crippen LogP contribution in [0.4, 0.5) is 0 Å². The molecular weight excluding hydrogens is 218 g/mol. The van der Waals surface area contributed by atoms with Crippen molar-refractivity contribution >= 4 is 11.7 Å². The molecule has 1 aromatic rings. The number of nitrogens with zero attached hydrogens (tertiary/aromatic N) is 1. The Kier molecular flexibility index (Phi) is 3.23. The number of carbonyl (C=O) groups is 1. The standard InChI is InChI=1S/C13H13NO3/c1-9(12-11(15)8-17-13(12)16)14-7-10-5-3-2-4-6-10/h2-6,15H,7-8H2,1H3. The first-order valence-corrected chi connectivity index (χ1v) is 5.33. The number of benzene rings is 1. The highest BCUT2D eigenvalue weighted by atomic mass is 16.5. The second kappa shape index (κ2) is 4.82. The van der Waals surface area contributed by atoms with Crippen LogP contribution in [0.15, 0.2) is 46.7 Å². The zero-order chi connectivity index (χ0) is 12.3. The fourth-order valence-electron chi connectivity index (χ4n) is 1.62. The summed E-state index contributed by atoms with van der Waals surface area (Å²) in [7, 11) is 0. The van der Waals surface area contributed by atoms with Crippen LogP contribution in [0.3, 0.4) is 0 Å². The van der Waals surface area contributed by atoms with E-state index in [4.69, 9.17) is 4.74 Å². The Hall–Kier alpha value is -2.10. The molecule has 17 heavy (non-hydrogen) atoms. The van der Waals surface area contributed by atoms with Crippen molar-refractivity contribution in [3.8, 4) is 0 Å². The second-order valence-electron chi connectivity index (χ2n) is 3.79. The van der Waals surface area contributed by atoms with Gasteiger partial charge < -0.3 is 9.84 Å². The van der Waals surface area contributed by atoms with Crippen LogP contribution in [-0.4, -0.2) is 23.4 Å². The van der Waals surface area contributed by atoms with E-state index >= 15 is 0 Å². The fraction of sp³-hybridized carbons (Fsp3) is 0.231. The molecule has 1 heterocycles. The molecule has 0 spiro atoms. The van der Waals surface area contributed by atoms with Crippen LogP contribution in [0.1, 0.15) is 12.5 Å². The highest BCUT2D eigenvalue weighted by Gasteiger charge is 2.26. The van der Waals surface area contributed by atoms with Crippen LogP contribution in [0.5, 0.6) is 0 Å². The van der Waals surface area contributed by atoms with Crippen LogP contribution < -0.4 is 0 Å². The van der Waals surface area contributed by atoms with Crippen molar-refractivity contribution in [1.82, 2.24) is 0 Å². The molecule has 2 rings (SSSR count). The summed E-state index contributed by atoms with van der Waals surface area (Å²) in [5, 5.41) is 9.48. The minimum atomic E-state index is -0.503. The van der Waals surface area contributed by atoms with Gasteiger partial charge in [0.1, 0.15) is 17.9 Å². The number of esters is 1. The molecule has 1 aromatic carbocycles. The maximum Gasteiger partial charge on any atom is 0.344 e. The van der Waals surface area contributed by atoms with E-state index in [1.165, 1.54) is 0 Å². The summed E-state index contributed by atoms with van der Waals surface area (Å²) in [6.45, 7) is 2.13. The number of ether oxygens (including phenoxy) is 1. The lowest BCUT2D eigenvalue weighted by Crippen LogP contribution is -2.08. The van der Waals surface area contributed by atoms with Gasteiger partial charge in [0.25, 0.3) is 0 Å². The number of hydrogen-bond acceptors (Lipinski definition) is 4. The van der Waals surface area contributed by atoms with E-state index in [-0.39, 0.29) is 17.9 Å². The third kappa shape index (κ3) is 2.53. The summed E-state index contributed by atoms with van der Waals surface area (Å²) in [4.78, 5) is 15.6. The van der Waals surface area contributed by atoms with Gasteiger partial charge in [0.2, 0.25) is 0 Å². The molecular formula is C13H13NO3. The molecule has 1 aliphatic rings. The second-order valence-corrected chi connectivity index (χ2v) is 3.79. The van der Waals surface area contributed by atoms with Gasteiger partial charge in [0.05, 0.1) is 12.3 Å². The maximum absolute atomic E-state index is 11.3.